The Labute approximate surface area is 173 Å². The van der Waals surface area contributed by atoms with Crippen molar-refractivity contribution in [3.05, 3.63) is 107 Å². The molecule has 4 rings (SSSR count). The number of fused-ring (bicyclic) bond motifs is 1. The molecule has 2 N–H and O–H groups in total. The highest BCUT2D eigenvalue weighted by molar-refractivity contribution is 6.02. The van der Waals surface area contributed by atoms with E-state index >= 15 is 0 Å². The fourth-order valence-electron chi connectivity index (χ4n) is 3.37. The molecule has 4 nitrogen and oxygen atoms in total. The van der Waals surface area contributed by atoms with Crippen LogP contribution in [0.25, 0.3) is 21.9 Å². The molecule has 0 amide bonds. The minimum absolute atomic E-state index is 0.0790. The minimum atomic E-state index is -1.08. The maximum Gasteiger partial charge on any atom is 0.336 e. The fourth-order valence-corrected chi connectivity index (χ4v) is 3.37. The average Bonchev–Trinajstić information content (AvgIpc) is 2.77. The van der Waals surface area contributed by atoms with Crippen LogP contribution in [0.2, 0.25) is 0 Å². The molecule has 0 fully saturated rings. The van der Waals surface area contributed by atoms with E-state index in [1.165, 1.54) is 18.2 Å². The quantitative estimate of drug-likeness (QED) is 0.464. The Morgan fingerprint density at radius 3 is 2.17 bits per heavy atom. The normalized spacial score (nSPS) is 10.3. The first-order valence-corrected chi connectivity index (χ1v) is 9.24. The second kappa shape index (κ2) is 7.94. The van der Waals surface area contributed by atoms with Crippen LogP contribution >= 0.6 is 0 Å². The molecule has 0 unspecified atom stereocenters. The number of carboxylic acid groups (broad SMARTS) is 2. The lowest BCUT2D eigenvalue weighted by Gasteiger charge is -2.07. The third-order valence-corrected chi connectivity index (χ3v) is 4.83. The standard InChI is InChI=1S/C26H16O4/c27-25(28)20-12-13-22-19(16-20)11-15-24(26(29)30)23(22)14-10-18-8-4-5-9-21(18)17-6-2-1-3-7-17/h1-9,11-13,15-16H,(H,27,28)(H,29,30). The molecule has 0 aliphatic carbocycles. The summed E-state index contributed by atoms with van der Waals surface area (Å²) in [5.74, 6) is 4.04. The van der Waals surface area contributed by atoms with Crippen molar-refractivity contribution in [2.24, 2.45) is 0 Å². The van der Waals surface area contributed by atoms with Crippen LogP contribution in [0.5, 0.6) is 0 Å². The molecule has 0 heterocycles. The Bertz CT molecular complexity index is 1340. The van der Waals surface area contributed by atoms with Gasteiger partial charge in [-0.2, -0.15) is 0 Å². The molecule has 0 saturated carbocycles. The highest BCUT2D eigenvalue weighted by atomic mass is 16.4. The lowest BCUT2D eigenvalue weighted by molar-refractivity contribution is 0.0685. The summed E-state index contributed by atoms with van der Waals surface area (Å²) in [5.41, 5.74) is 3.33. The summed E-state index contributed by atoms with van der Waals surface area (Å²) in [6, 6.07) is 25.2. The lowest BCUT2D eigenvalue weighted by atomic mass is 9.96. The van der Waals surface area contributed by atoms with Gasteiger partial charge in [0.05, 0.1) is 11.1 Å². The topological polar surface area (TPSA) is 74.6 Å². The number of hydrogen-bond acceptors (Lipinski definition) is 2. The van der Waals surface area contributed by atoms with Crippen molar-refractivity contribution in [3.63, 3.8) is 0 Å². The van der Waals surface area contributed by atoms with Gasteiger partial charge in [-0.3, -0.25) is 0 Å². The number of aromatic carboxylic acids is 2. The summed E-state index contributed by atoms with van der Waals surface area (Å²) in [7, 11) is 0. The molecule has 0 radical (unpaired) electrons. The summed E-state index contributed by atoms with van der Waals surface area (Å²) in [5, 5.41) is 20.1. The minimum Gasteiger partial charge on any atom is -0.478 e. The molecule has 0 spiro atoms. The van der Waals surface area contributed by atoms with Gasteiger partial charge in [0.1, 0.15) is 0 Å². The van der Waals surface area contributed by atoms with Gasteiger partial charge < -0.3 is 10.2 Å². The van der Waals surface area contributed by atoms with Crippen LogP contribution in [0.15, 0.2) is 84.9 Å². The molecule has 0 saturated heterocycles. The van der Waals surface area contributed by atoms with Crippen LogP contribution in [0, 0.1) is 11.8 Å². The van der Waals surface area contributed by atoms with Gasteiger partial charge in [0.2, 0.25) is 0 Å². The van der Waals surface area contributed by atoms with Gasteiger partial charge in [0.25, 0.3) is 0 Å². The zero-order valence-corrected chi connectivity index (χ0v) is 15.8. The number of carbonyl (C=O) groups is 2. The second-order valence-corrected chi connectivity index (χ2v) is 6.70. The molecule has 0 bridgehead atoms. The van der Waals surface area contributed by atoms with Gasteiger partial charge in [-0.05, 0) is 46.2 Å². The van der Waals surface area contributed by atoms with Crippen molar-refractivity contribution < 1.29 is 19.8 Å². The molecule has 0 aliphatic rings. The van der Waals surface area contributed by atoms with E-state index in [1.54, 1.807) is 12.1 Å². The van der Waals surface area contributed by atoms with Crippen LogP contribution < -0.4 is 0 Å². The van der Waals surface area contributed by atoms with E-state index < -0.39 is 11.9 Å². The van der Waals surface area contributed by atoms with Crippen molar-refractivity contribution in [3.8, 4) is 23.0 Å². The number of rotatable bonds is 3. The SMILES string of the molecule is O=C(O)c1ccc2c(C#Cc3ccccc3-c3ccccc3)c(C(=O)O)ccc2c1. The largest absolute Gasteiger partial charge is 0.478 e. The summed E-state index contributed by atoms with van der Waals surface area (Å²) < 4.78 is 0. The van der Waals surface area contributed by atoms with E-state index in [0.717, 1.165) is 16.7 Å². The Morgan fingerprint density at radius 1 is 0.700 bits per heavy atom. The first-order valence-electron chi connectivity index (χ1n) is 9.24. The molecule has 4 aromatic rings. The third-order valence-electron chi connectivity index (χ3n) is 4.83. The first-order chi connectivity index (χ1) is 14.5. The summed E-state index contributed by atoms with van der Waals surface area (Å²) >= 11 is 0. The van der Waals surface area contributed by atoms with Crippen LogP contribution in [-0.4, -0.2) is 22.2 Å². The molecule has 4 heteroatoms. The average molecular weight is 392 g/mol. The molecule has 30 heavy (non-hydrogen) atoms. The van der Waals surface area contributed by atoms with Gasteiger partial charge in [-0.1, -0.05) is 72.5 Å². The maximum atomic E-state index is 11.8. The lowest BCUT2D eigenvalue weighted by Crippen LogP contribution is -2.02. The fraction of sp³-hybridized carbons (Fsp3) is 0. The zero-order chi connectivity index (χ0) is 21.1. The van der Waals surface area contributed by atoms with Crippen molar-refractivity contribution in [2.75, 3.05) is 0 Å². The van der Waals surface area contributed by atoms with Crippen LogP contribution in [0.3, 0.4) is 0 Å². The Hall–Kier alpha value is -4.36. The van der Waals surface area contributed by atoms with Gasteiger partial charge in [-0.25, -0.2) is 9.59 Å². The highest BCUT2D eigenvalue weighted by Crippen LogP contribution is 2.25. The van der Waals surface area contributed by atoms with E-state index in [2.05, 4.69) is 11.8 Å². The molecular formula is C26H16O4. The molecule has 0 aromatic heterocycles. The van der Waals surface area contributed by atoms with Gasteiger partial charge in [-0.15, -0.1) is 0 Å². The van der Waals surface area contributed by atoms with Crippen molar-refractivity contribution >= 4 is 22.7 Å². The van der Waals surface area contributed by atoms with Crippen molar-refractivity contribution in [1.82, 2.24) is 0 Å². The Balaban J connectivity index is 1.90. The van der Waals surface area contributed by atoms with E-state index in [-0.39, 0.29) is 11.1 Å². The molecular weight excluding hydrogens is 376 g/mol. The van der Waals surface area contributed by atoms with E-state index in [1.807, 2.05) is 54.6 Å². The highest BCUT2D eigenvalue weighted by Gasteiger charge is 2.14. The van der Waals surface area contributed by atoms with Crippen LogP contribution in [0.4, 0.5) is 0 Å². The third kappa shape index (κ3) is 3.65. The number of benzene rings is 4. The summed E-state index contributed by atoms with van der Waals surface area (Å²) in [6.07, 6.45) is 0. The second-order valence-electron chi connectivity index (χ2n) is 6.70. The Kier molecular flexibility index (Phi) is 5.02. The number of hydrogen-bond donors (Lipinski definition) is 2. The molecule has 0 aliphatic heterocycles. The smallest absolute Gasteiger partial charge is 0.336 e. The summed E-state index contributed by atoms with van der Waals surface area (Å²) in [6.45, 7) is 0. The van der Waals surface area contributed by atoms with Crippen molar-refractivity contribution in [1.29, 1.82) is 0 Å². The predicted octanol–water partition coefficient (Wildman–Crippen LogP) is 5.30. The molecule has 0 atom stereocenters. The zero-order valence-electron chi connectivity index (χ0n) is 15.8. The molecule has 144 valence electrons. The molecule has 4 aromatic carbocycles. The van der Waals surface area contributed by atoms with E-state index in [4.69, 9.17) is 0 Å². The van der Waals surface area contributed by atoms with Crippen LogP contribution in [-0.2, 0) is 0 Å². The Morgan fingerprint density at radius 2 is 1.43 bits per heavy atom. The summed E-state index contributed by atoms with van der Waals surface area (Å²) in [4.78, 5) is 23.0. The van der Waals surface area contributed by atoms with Gasteiger partial charge in [0.15, 0.2) is 0 Å². The number of carboxylic acids is 2. The van der Waals surface area contributed by atoms with Crippen LogP contribution in [0.1, 0.15) is 31.8 Å². The van der Waals surface area contributed by atoms with Crippen molar-refractivity contribution in [2.45, 2.75) is 0 Å². The van der Waals surface area contributed by atoms with Gasteiger partial charge >= 0.3 is 11.9 Å². The van der Waals surface area contributed by atoms with E-state index in [9.17, 15) is 19.8 Å². The van der Waals surface area contributed by atoms with Gasteiger partial charge in [0, 0.05) is 11.1 Å². The first kappa shape index (κ1) is 19.0. The van der Waals surface area contributed by atoms with E-state index in [0.29, 0.717) is 16.3 Å². The maximum absolute atomic E-state index is 11.8. The monoisotopic (exact) mass is 392 g/mol. The predicted molar refractivity (Wildman–Crippen MR) is 116 cm³/mol.